The molecule has 4 amide bonds. The van der Waals surface area contributed by atoms with Crippen molar-refractivity contribution in [1.29, 1.82) is 5.26 Å². The molecule has 2 aromatic carbocycles. The number of nitrogens with zero attached hydrogens (tertiary/aromatic N) is 5. The summed E-state index contributed by atoms with van der Waals surface area (Å²) in [5, 5.41) is 28.7. The van der Waals surface area contributed by atoms with Crippen molar-refractivity contribution in [1.82, 2.24) is 30.5 Å². The molecule has 4 aromatic rings. The summed E-state index contributed by atoms with van der Waals surface area (Å²) < 4.78 is 1.58. The van der Waals surface area contributed by atoms with E-state index in [0.717, 1.165) is 5.56 Å². The number of hydrogen-bond acceptors (Lipinski definition) is 8. The van der Waals surface area contributed by atoms with Crippen molar-refractivity contribution in [2.45, 2.75) is 75.1 Å². The molecule has 3 heterocycles. The van der Waals surface area contributed by atoms with Gasteiger partial charge in [0.25, 0.3) is 17.7 Å². The number of halogens is 2. The average Bonchev–Trinajstić information content (AvgIpc) is 4.02. The number of carbonyl (C=O) groups excluding carboxylic acids is 4. The maximum atomic E-state index is 14.4. The molecule has 13 nitrogen and oxygen atoms in total. The van der Waals surface area contributed by atoms with Gasteiger partial charge in [-0.15, -0.1) is 0 Å². The fourth-order valence-electron chi connectivity index (χ4n) is 6.68. The predicted octanol–water partition coefficient (Wildman–Crippen LogP) is 4.66. The lowest BCUT2D eigenvalue weighted by Gasteiger charge is -2.27. The van der Waals surface area contributed by atoms with Crippen LogP contribution in [0.5, 0.6) is 0 Å². The Morgan fingerprint density at radius 2 is 1.64 bits per heavy atom. The van der Waals surface area contributed by atoms with E-state index in [-0.39, 0.29) is 42.3 Å². The number of nitrogens with one attached hydrogen (secondary N) is 3. The average molecular weight is 756 g/mol. The van der Waals surface area contributed by atoms with Crippen molar-refractivity contribution in [2.75, 3.05) is 11.4 Å². The van der Waals surface area contributed by atoms with Gasteiger partial charge in [0, 0.05) is 34.8 Å². The van der Waals surface area contributed by atoms with Gasteiger partial charge in [0.15, 0.2) is 0 Å². The Bertz CT molecular complexity index is 2200. The van der Waals surface area contributed by atoms with Crippen LogP contribution in [0.2, 0.25) is 10.0 Å². The molecule has 272 valence electrons. The van der Waals surface area contributed by atoms with Gasteiger partial charge in [-0.3, -0.25) is 28.7 Å². The van der Waals surface area contributed by atoms with Crippen molar-refractivity contribution < 1.29 is 24.3 Å². The number of carbonyl (C=O) groups is 4. The number of aliphatic hydroxyl groups is 1. The minimum absolute atomic E-state index is 0.0592. The van der Waals surface area contributed by atoms with Gasteiger partial charge in [-0.05, 0) is 94.5 Å². The molecular weight excluding hydrogens is 719 g/mol. The van der Waals surface area contributed by atoms with Crippen molar-refractivity contribution in [3.63, 3.8) is 0 Å². The minimum atomic E-state index is -1.35. The summed E-state index contributed by atoms with van der Waals surface area (Å²) in [5.41, 5.74) is -1.91. The van der Waals surface area contributed by atoms with Gasteiger partial charge in [-0.1, -0.05) is 35.3 Å². The number of fused-ring (bicyclic) bond motifs is 1. The van der Waals surface area contributed by atoms with Gasteiger partial charge in [-0.2, -0.15) is 5.26 Å². The largest absolute Gasteiger partial charge is 0.389 e. The normalized spacial score (nSPS) is 19.2. The van der Waals surface area contributed by atoms with E-state index in [1.54, 1.807) is 79.9 Å². The number of aromatic nitrogens is 3. The SMILES string of the molecule is CC(C)(O)CNC(=O)c1ccnc(C2(NC(=O)C3(NC(=O)c4cnc5n4[C@](C)(Cc4ccc(C#N)cc4)C(=O)N5c4cc(Cl)cc(Cl)c4)CC3)CC2)c1. The van der Waals surface area contributed by atoms with E-state index in [4.69, 9.17) is 23.2 Å². The van der Waals surface area contributed by atoms with E-state index in [0.29, 0.717) is 58.2 Å². The number of rotatable bonds is 11. The molecule has 2 saturated carbocycles. The molecule has 7 rings (SSSR count). The van der Waals surface area contributed by atoms with Crippen molar-refractivity contribution in [2.24, 2.45) is 0 Å². The van der Waals surface area contributed by atoms with Crippen LogP contribution >= 0.6 is 23.2 Å². The lowest BCUT2D eigenvalue weighted by Crippen LogP contribution is -2.52. The summed E-state index contributed by atoms with van der Waals surface area (Å²) in [7, 11) is 0. The summed E-state index contributed by atoms with van der Waals surface area (Å²) >= 11 is 12.7. The van der Waals surface area contributed by atoms with Crippen LogP contribution in [0.4, 0.5) is 11.6 Å². The summed E-state index contributed by atoms with van der Waals surface area (Å²) in [4.78, 5) is 65.6. The Labute approximate surface area is 315 Å². The molecule has 0 unspecified atom stereocenters. The van der Waals surface area contributed by atoms with Crippen LogP contribution in [0.25, 0.3) is 0 Å². The van der Waals surface area contributed by atoms with Gasteiger partial charge >= 0.3 is 0 Å². The van der Waals surface area contributed by atoms with Gasteiger partial charge in [0.1, 0.15) is 16.8 Å². The number of anilines is 2. The molecule has 15 heteroatoms. The van der Waals surface area contributed by atoms with E-state index in [2.05, 4.69) is 32.0 Å². The lowest BCUT2D eigenvalue weighted by molar-refractivity contribution is -0.125. The number of amides is 4. The van der Waals surface area contributed by atoms with Crippen molar-refractivity contribution in [3.8, 4) is 6.07 Å². The first kappa shape index (κ1) is 36.1. The summed E-state index contributed by atoms with van der Waals surface area (Å²) in [6.07, 6.45) is 5.02. The summed E-state index contributed by atoms with van der Waals surface area (Å²) in [6.45, 7) is 4.96. The second-order valence-electron chi connectivity index (χ2n) is 14.8. The fourth-order valence-corrected chi connectivity index (χ4v) is 7.19. The van der Waals surface area contributed by atoms with Gasteiger partial charge in [-0.25, -0.2) is 9.88 Å². The first-order chi connectivity index (χ1) is 25.1. The number of imidazole rings is 1. The molecule has 53 heavy (non-hydrogen) atoms. The Morgan fingerprint density at radius 3 is 2.25 bits per heavy atom. The van der Waals surface area contributed by atoms with E-state index >= 15 is 0 Å². The van der Waals surface area contributed by atoms with E-state index in [1.807, 2.05) is 0 Å². The second-order valence-corrected chi connectivity index (χ2v) is 15.7. The number of pyridine rings is 1. The highest BCUT2D eigenvalue weighted by Gasteiger charge is 2.57. The summed E-state index contributed by atoms with van der Waals surface area (Å²) in [6, 6.07) is 16.8. The zero-order chi connectivity index (χ0) is 37.9. The lowest BCUT2D eigenvalue weighted by atomic mass is 9.91. The molecule has 0 saturated heterocycles. The van der Waals surface area contributed by atoms with Crippen LogP contribution in [-0.2, 0) is 27.1 Å². The van der Waals surface area contributed by atoms with Gasteiger partial charge < -0.3 is 21.1 Å². The van der Waals surface area contributed by atoms with Crippen molar-refractivity contribution in [3.05, 3.63) is 105 Å². The zero-order valence-corrected chi connectivity index (χ0v) is 30.7. The van der Waals surface area contributed by atoms with Gasteiger partial charge in [0.2, 0.25) is 11.9 Å². The topological polar surface area (TPSA) is 182 Å². The fraction of sp³-hybridized carbons (Fsp3) is 0.342. The van der Waals surface area contributed by atoms with Crippen LogP contribution in [-0.4, -0.2) is 61.0 Å². The Morgan fingerprint density at radius 1 is 0.962 bits per heavy atom. The third-order valence-electron chi connectivity index (χ3n) is 9.90. The van der Waals surface area contributed by atoms with Crippen molar-refractivity contribution >= 4 is 58.5 Å². The quantitative estimate of drug-likeness (QED) is 0.171. The van der Waals surface area contributed by atoms with Crippen LogP contribution in [0.15, 0.2) is 67.0 Å². The molecule has 0 bridgehead atoms. The monoisotopic (exact) mass is 754 g/mol. The summed E-state index contributed by atoms with van der Waals surface area (Å²) in [5.74, 6) is -1.54. The maximum absolute atomic E-state index is 14.4. The highest BCUT2D eigenvalue weighted by Crippen LogP contribution is 2.48. The molecule has 2 aromatic heterocycles. The first-order valence-electron chi connectivity index (χ1n) is 17.1. The second kappa shape index (κ2) is 13.0. The molecular formula is C38H36Cl2N8O5. The molecule has 1 aliphatic heterocycles. The highest BCUT2D eigenvalue weighted by molar-refractivity contribution is 6.35. The number of nitriles is 1. The van der Waals surface area contributed by atoms with E-state index < -0.39 is 28.1 Å². The number of hydrogen-bond donors (Lipinski definition) is 4. The smallest absolute Gasteiger partial charge is 0.270 e. The third kappa shape index (κ3) is 6.85. The Kier molecular flexibility index (Phi) is 8.84. The standard InChI is InChI=1S/C38H36Cl2N8O5/c1-35(2,53)21-44-30(49)24-8-13-42-29(14-24)37(9-10-37)46-32(51)38(11-12-38)45-31(50)28-20-43-34-47(27-16-25(39)15-26(40)17-27)33(52)36(3,48(28)34)18-22-4-6-23(19-41)7-5-22/h4-8,13-17,20,53H,9-12,18,21H2,1-3H3,(H,44,49)(H,45,50)(H,46,51)/t36-/m1/s1. The Hall–Kier alpha value is -5.29. The van der Waals surface area contributed by atoms with Crippen LogP contribution in [0.3, 0.4) is 0 Å². The molecule has 1 atom stereocenters. The molecule has 2 aliphatic carbocycles. The minimum Gasteiger partial charge on any atom is -0.389 e. The zero-order valence-electron chi connectivity index (χ0n) is 29.2. The van der Waals surface area contributed by atoms with E-state index in [9.17, 15) is 29.5 Å². The highest BCUT2D eigenvalue weighted by atomic mass is 35.5. The van der Waals surface area contributed by atoms with E-state index in [1.165, 1.54) is 17.3 Å². The third-order valence-corrected chi connectivity index (χ3v) is 10.3. The van der Waals surface area contributed by atoms with Crippen LogP contribution in [0.1, 0.15) is 84.1 Å². The van der Waals surface area contributed by atoms with Crippen LogP contribution < -0.4 is 20.9 Å². The molecule has 2 fully saturated rings. The molecule has 0 radical (unpaired) electrons. The predicted molar refractivity (Wildman–Crippen MR) is 196 cm³/mol. The first-order valence-corrected chi connectivity index (χ1v) is 17.8. The molecule has 3 aliphatic rings. The molecule has 0 spiro atoms. The Balaban J connectivity index is 1.15. The number of benzene rings is 2. The van der Waals surface area contributed by atoms with Crippen LogP contribution in [0, 0.1) is 11.3 Å². The maximum Gasteiger partial charge on any atom is 0.270 e. The molecule has 4 N–H and O–H groups in total. The van der Waals surface area contributed by atoms with Gasteiger partial charge in [0.05, 0.1) is 40.4 Å².